The number of hydrogen-bond acceptors (Lipinski definition) is 7. The van der Waals surface area contributed by atoms with Crippen molar-refractivity contribution in [3.8, 4) is 17.1 Å². The van der Waals surface area contributed by atoms with Crippen LogP contribution in [0, 0.1) is 12.8 Å². The van der Waals surface area contributed by atoms with Crippen LogP contribution in [0.25, 0.3) is 22.5 Å². The van der Waals surface area contributed by atoms with Gasteiger partial charge in [0.2, 0.25) is 16.9 Å². The monoisotopic (exact) mass is 441 g/mol. The van der Waals surface area contributed by atoms with Gasteiger partial charge in [0.15, 0.2) is 5.58 Å². The van der Waals surface area contributed by atoms with Crippen LogP contribution in [0.2, 0.25) is 0 Å². The van der Waals surface area contributed by atoms with Gasteiger partial charge in [0.05, 0.1) is 26.2 Å². The van der Waals surface area contributed by atoms with Crippen LogP contribution in [0.3, 0.4) is 0 Å². The fourth-order valence-corrected chi connectivity index (χ4v) is 3.48. The summed E-state index contributed by atoms with van der Waals surface area (Å²) in [6.07, 6.45) is 0.532. The molecule has 0 aliphatic heterocycles. The lowest BCUT2D eigenvalue weighted by Crippen LogP contribution is -2.46. The highest BCUT2D eigenvalue weighted by atomic mass is 16.5. The maximum Gasteiger partial charge on any atom is 0.328 e. The van der Waals surface area contributed by atoms with E-state index in [-0.39, 0.29) is 28.9 Å². The zero-order valence-corrected chi connectivity index (χ0v) is 18.8. The van der Waals surface area contributed by atoms with Crippen LogP contribution < -0.4 is 15.5 Å². The van der Waals surface area contributed by atoms with Gasteiger partial charge in [0, 0.05) is 11.6 Å². The Morgan fingerprint density at radius 3 is 2.38 bits per heavy atom. The van der Waals surface area contributed by atoms with E-state index in [1.165, 1.54) is 13.2 Å². The molecule has 0 aliphatic rings. The largest absolute Gasteiger partial charge is 0.497 e. The predicted octanol–water partition coefficient (Wildman–Crippen LogP) is 3.62. The Bertz CT molecular complexity index is 1170. The van der Waals surface area contributed by atoms with Crippen LogP contribution in [0.15, 0.2) is 44.0 Å². The number of hydrogen-bond donors (Lipinski definition) is 1. The Hall–Kier alpha value is -3.55. The van der Waals surface area contributed by atoms with E-state index in [0.29, 0.717) is 34.8 Å². The van der Waals surface area contributed by atoms with Gasteiger partial charge >= 0.3 is 5.97 Å². The van der Waals surface area contributed by atoms with Crippen LogP contribution in [0.4, 0.5) is 0 Å². The molecule has 1 aromatic carbocycles. The summed E-state index contributed by atoms with van der Waals surface area (Å²) in [4.78, 5) is 37.6. The summed E-state index contributed by atoms with van der Waals surface area (Å²) in [5.41, 5.74) is 1.00. The lowest BCUT2D eigenvalue weighted by Gasteiger charge is -2.21. The standard InChI is InChI=1S/C24H27NO7/c1-6-13(2)20(24(28)30-5)25-19(27)12-17-21(15-7-9-16(29-4)10-8-15)32-23-18(26)11-14(3)31-22(17)23/h7-11,13,20H,6,12H2,1-5H3,(H,25,27)/t13-,20-/m0/s1. The minimum Gasteiger partial charge on any atom is -0.497 e. The molecule has 1 N–H and O–H groups in total. The van der Waals surface area contributed by atoms with Crippen molar-refractivity contribution in [2.45, 2.75) is 39.7 Å². The van der Waals surface area contributed by atoms with Crippen molar-refractivity contribution in [3.05, 3.63) is 51.9 Å². The summed E-state index contributed by atoms with van der Waals surface area (Å²) in [5, 5.41) is 2.75. The first-order valence-corrected chi connectivity index (χ1v) is 10.4. The second kappa shape index (κ2) is 9.72. The number of rotatable bonds is 8. The van der Waals surface area contributed by atoms with Crippen molar-refractivity contribution < 1.29 is 27.9 Å². The number of furan rings is 1. The molecule has 2 aromatic heterocycles. The van der Waals surface area contributed by atoms with Gasteiger partial charge in [-0.2, -0.15) is 0 Å². The molecule has 2 atom stereocenters. The smallest absolute Gasteiger partial charge is 0.328 e. The lowest BCUT2D eigenvalue weighted by molar-refractivity contribution is -0.146. The summed E-state index contributed by atoms with van der Waals surface area (Å²) in [6, 6.07) is 7.60. The van der Waals surface area contributed by atoms with Gasteiger partial charge in [0.25, 0.3) is 0 Å². The third kappa shape index (κ3) is 4.69. The molecule has 1 amide bonds. The third-order valence-electron chi connectivity index (χ3n) is 5.45. The SMILES string of the molecule is CC[C@H](C)[C@H](NC(=O)Cc1c(-c2ccc(OC)cc2)oc2c(=O)cc(C)oc12)C(=O)OC. The molecule has 8 nitrogen and oxygen atoms in total. The first-order chi connectivity index (χ1) is 15.3. The molecular formula is C24H27NO7. The number of carbonyl (C=O) groups excluding carboxylic acids is 2. The van der Waals surface area contributed by atoms with E-state index in [2.05, 4.69) is 5.32 Å². The number of ether oxygens (including phenoxy) is 2. The lowest BCUT2D eigenvalue weighted by atomic mass is 9.98. The quantitative estimate of drug-likeness (QED) is 0.532. The zero-order chi connectivity index (χ0) is 23.4. The molecule has 0 radical (unpaired) electrons. The molecule has 0 fully saturated rings. The molecule has 0 unspecified atom stereocenters. The Morgan fingerprint density at radius 2 is 1.78 bits per heavy atom. The second-order valence-electron chi connectivity index (χ2n) is 7.65. The molecule has 0 aliphatic carbocycles. The molecule has 8 heteroatoms. The van der Waals surface area contributed by atoms with Crippen molar-refractivity contribution in [1.29, 1.82) is 0 Å². The first-order valence-electron chi connectivity index (χ1n) is 10.4. The normalized spacial score (nSPS) is 12.9. The predicted molar refractivity (Wildman–Crippen MR) is 119 cm³/mol. The highest BCUT2D eigenvalue weighted by Gasteiger charge is 2.29. The Morgan fingerprint density at radius 1 is 1.09 bits per heavy atom. The van der Waals surface area contributed by atoms with E-state index in [1.54, 1.807) is 38.3 Å². The first kappa shape index (κ1) is 23.1. The van der Waals surface area contributed by atoms with E-state index in [1.807, 2.05) is 13.8 Å². The van der Waals surface area contributed by atoms with Crippen molar-refractivity contribution in [2.24, 2.45) is 5.92 Å². The van der Waals surface area contributed by atoms with Crippen molar-refractivity contribution >= 4 is 23.0 Å². The summed E-state index contributed by atoms with van der Waals surface area (Å²) >= 11 is 0. The number of fused-ring (bicyclic) bond motifs is 1. The van der Waals surface area contributed by atoms with Gasteiger partial charge in [-0.05, 0) is 37.1 Å². The summed E-state index contributed by atoms with van der Waals surface area (Å²) in [6.45, 7) is 5.44. The average molecular weight is 441 g/mol. The topological polar surface area (TPSA) is 108 Å². The van der Waals surface area contributed by atoms with Crippen LogP contribution in [-0.2, 0) is 20.7 Å². The van der Waals surface area contributed by atoms with Gasteiger partial charge in [0.1, 0.15) is 23.3 Å². The summed E-state index contributed by atoms with van der Waals surface area (Å²) < 4.78 is 21.7. The van der Waals surface area contributed by atoms with Gasteiger partial charge in [-0.15, -0.1) is 0 Å². The van der Waals surface area contributed by atoms with Crippen molar-refractivity contribution in [3.63, 3.8) is 0 Å². The molecule has 170 valence electrons. The van der Waals surface area contributed by atoms with Gasteiger partial charge in [-0.1, -0.05) is 20.3 Å². The number of amides is 1. The third-order valence-corrected chi connectivity index (χ3v) is 5.45. The highest BCUT2D eigenvalue weighted by molar-refractivity contribution is 5.92. The number of carbonyl (C=O) groups is 2. The Balaban J connectivity index is 2.04. The molecule has 0 bridgehead atoms. The van der Waals surface area contributed by atoms with Crippen LogP contribution >= 0.6 is 0 Å². The Labute approximate surface area is 185 Å². The molecule has 0 saturated heterocycles. The maximum absolute atomic E-state index is 13.0. The maximum atomic E-state index is 13.0. The fraction of sp³-hybridized carbons (Fsp3) is 0.375. The Kier molecular flexibility index (Phi) is 7.02. The fourth-order valence-electron chi connectivity index (χ4n) is 3.48. The average Bonchev–Trinajstić information content (AvgIpc) is 3.14. The van der Waals surface area contributed by atoms with Crippen molar-refractivity contribution in [1.82, 2.24) is 5.32 Å². The molecule has 3 aromatic rings. The molecule has 0 saturated carbocycles. The van der Waals surface area contributed by atoms with E-state index in [4.69, 9.17) is 18.3 Å². The van der Waals surface area contributed by atoms with Gasteiger partial charge in [-0.3, -0.25) is 9.59 Å². The van der Waals surface area contributed by atoms with Gasteiger partial charge < -0.3 is 23.6 Å². The minimum absolute atomic E-state index is 0.0377. The number of nitrogens with one attached hydrogen (secondary N) is 1. The van der Waals surface area contributed by atoms with E-state index in [0.717, 1.165) is 0 Å². The zero-order valence-electron chi connectivity index (χ0n) is 18.8. The summed E-state index contributed by atoms with van der Waals surface area (Å²) in [5.74, 6) is 0.364. The van der Waals surface area contributed by atoms with E-state index < -0.39 is 17.9 Å². The second-order valence-corrected chi connectivity index (χ2v) is 7.65. The highest BCUT2D eigenvalue weighted by Crippen LogP contribution is 2.34. The number of esters is 1. The van der Waals surface area contributed by atoms with Crippen LogP contribution in [0.5, 0.6) is 5.75 Å². The number of methoxy groups -OCH3 is 2. The number of benzene rings is 1. The molecule has 3 rings (SSSR count). The van der Waals surface area contributed by atoms with Crippen LogP contribution in [-0.4, -0.2) is 32.1 Å². The molecule has 2 heterocycles. The van der Waals surface area contributed by atoms with E-state index >= 15 is 0 Å². The molecular weight excluding hydrogens is 414 g/mol. The van der Waals surface area contributed by atoms with Crippen molar-refractivity contribution in [2.75, 3.05) is 14.2 Å². The molecule has 0 spiro atoms. The minimum atomic E-state index is -0.783. The molecule has 32 heavy (non-hydrogen) atoms. The van der Waals surface area contributed by atoms with Crippen LogP contribution in [0.1, 0.15) is 31.6 Å². The summed E-state index contributed by atoms with van der Waals surface area (Å²) in [7, 11) is 2.85. The van der Waals surface area contributed by atoms with E-state index in [9.17, 15) is 14.4 Å². The number of aryl methyl sites for hydroxylation is 1. The van der Waals surface area contributed by atoms with Gasteiger partial charge in [-0.25, -0.2) is 4.79 Å².